The summed E-state index contributed by atoms with van der Waals surface area (Å²) >= 11 is 0. The Morgan fingerprint density at radius 2 is 1.38 bits per heavy atom. The van der Waals surface area contributed by atoms with Gasteiger partial charge in [0.2, 0.25) is 0 Å². The van der Waals surface area contributed by atoms with Crippen molar-refractivity contribution in [2.45, 2.75) is 53.4 Å². The quantitative estimate of drug-likeness (QED) is 0.742. The van der Waals surface area contributed by atoms with Crippen LogP contribution >= 0.6 is 0 Å². The van der Waals surface area contributed by atoms with Crippen LogP contribution in [0, 0.1) is 33.5 Å². The zero-order valence-corrected chi connectivity index (χ0v) is 15.1. The Kier molecular flexibility index (Phi) is 3.41. The van der Waals surface area contributed by atoms with E-state index >= 15 is 0 Å². The standard InChI is InChI=1S/C20H28O4/c1-6-13-17(2,3)19(13,15(21)22)20(16(23)24)14(18(20,4)5)11-12-9-7-8-10-12/h6,11,13-14H,1,7-10H2,2-5H3,(H,21,22)(H,23,24). The lowest BCUT2D eigenvalue weighted by molar-refractivity contribution is -0.162. The number of carbonyl (C=O) groups is 2. The van der Waals surface area contributed by atoms with Gasteiger partial charge in [-0.15, -0.1) is 6.58 Å². The summed E-state index contributed by atoms with van der Waals surface area (Å²) in [7, 11) is 0. The summed E-state index contributed by atoms with van der Waals surface area (Å²) in [5, 5.41) is 20.4. The molecule has 0 saturated heterocycles. The van der Waals surface area contributed by atoms with E-state index in [0.29, 0.717) is 0 Å². The second-order valence-corrected chi connectivity index (χ2v) is 8.89. The number of hydrogen-bond acceptors (Lipinski definition) is 2. The monoisotopic (exact) mass is 332 g/mol. The smallest absolute Gasteiger partial charge is 0.312 e. The van der Waals surface area contributed by atoms with Crippen LogP contribution in [-0.4, -0.2) is 22.2 Å². The highest BCUT2D eigenvalue weighted by atomic mass is 16.4. The lowest BCUT2D eigenvalue weighted by Gasteiger charge is -2.27. The first-order chi connectivity index (χ1) is 11.0. The van der Waals surface area contributed by atoms with Gasteiger partial charge in [0.1, 0.15) is 0 Å². The molecule has 4 nitrogen and oxygen atoms in total. The molecular weight excluding hydrogens is 304 g/mol. The van der Waals surface area contributed by atoms with Crippen LogP contribution in [0.15, 0.2) is 24.3 Å². The number of carboxylic acid groups (broad SMARTS) is 2. The number of allylic oxidation sites excluding steroid dienone is 3. The molecule has 4 atom stereocenters. The van der Waals surface area contributed by atoms with Gasteiger partial charge in [-0.2, -0.15) is 0 Å². The lowest BCUT2D eigenvalue weighted by atomic mass is 9.73. The van der Waals surface area contributed by atoms with Gasteiger partial charge in [-0.25, -0.2) is 0 Å². The molecule has 4 unspecified atom stereocenters. The van der Waals surface area contributed by atoms with Crippen molar-refractivity contribution in [3.8, 4) is 0 Å². The molecular formula is C20H28O4. The van der Waals surface area contributed by atoms with E-state index < -0.39 is 33.6 Å². The molecule has 0 aromatic heterocycles. The normalized spacial score (nSPS) is 41.6. The Morgan fingerprint density at radius 1 is 0.958 bits per heavy atom. The zero-order valence-electron chi connectivity index (χ0n) is 15.1. The Morgan fingerprint density at radius 3 is 1.75 bits per heavy atom. The van der Waals surface area contributed by atoms with E-state index in [1.807, 2.05) is 27.7 Å². The molecule has 24 heavy (non-hydrogen) atoms. The first kappa shape index (κ1) is 17.2. The van der Waals surface area contributed by atoms with Crippen molar-refractivity contribution in [2.24, 2.45) is 33.5 Å². The Bertz CT molecular complexity index is 649. The molecule has 3 rings (SSSR count). The van der Waals surface area contributed by atoms with Gasteiger partial charge in [0.15, 0.2) is 0 Å². The molecule has 0 amide bonds. The van der Waals surface area contributed by atoms with Gasteiger partial charge in [-0.3, -0.25) is 9.59 Å². The minimum Gasteiger partial charge on any atom is -0.481 e. The summed E-state index contributed by atoms with van der Waals surface area (Å²) in [6.07, 6.45) is 8.05. The summed E-state index contributed by atoms with van der Waals surface area (Å²) in [6, 6.07) is 0. The van der Waals surface area contributed by atoms with Crippen LogP contribution < -0.4 is 0 Å². The maximum Gasteiger partial charge on any atom is 0.312 e. The second kappa shape index (κ2) is 4.74. The summed E-state index contributed by atoms with van der Waals surface area (Å²) in [6.45, 7) is 11.4. The van der Waals surface area contributed by atoms with Crippen molar-refractivity contribution in [2.75, 3.05) is 0 Å². The van der Waals surface area contributed by atoms with Crippen LogP contribution in [-0.2, 0) is 9.59 Å². The predicted molar refractivity (Wildman–Crippen MR) is 91.4 cm³/mol. The number of hydrogen-bond donors (Lipinski definition) is 2. The van der Waals surface area contributed by atoms with Gasteiger partial charge >= 0.3 is 11.9 Å². The molecule has 0 aromatic rings. The molecule has 132 valence electrons. The van der Waals surface area contributed by atoms with Crippen molar-refractivity contribution in [1.29, 1.82) is 0 Å². The first-order valence-electron chi connectivity index (χ1n) is 8.83. The lowest BCUT2D eigenvalue weighted by Crippen LogP contribution is -2.41. The highest BCUT2D eigenvalue weighted by Gasteiger charge is 2.96. The largest absolute Gasteiger partial charge is 0.481 e. The fraction of sp³-hybridized carbons (Fsp3) is 0.700. The van der Waals surface area contributed by atoms with Gasteiger partial charge in [-0.1, -0.05) is 45.4 Å². The molecule has 3 fully saturated rings. The second-order valence-electron chi connectivity index (χ2n) is 8.89. The summed E-state index contributed by atoms with van der Waals surface area (Å²) in [5.41, 5.74) is -2.47. The van der Waals surface area contributed by atoms with Crippen LogP contribution in [0.2, 0.25) is 0 Å². The maximum atomic E-state index is 12.5. The molecule has 3 saturated carbocycles. The molecule has 4 heteroatoms. The molecule has 0 heterocycles. The first-order valence-corrected chi connectivity index (χ1v) is 8.83. The van der Waals surface area contributed by atoms with Gasteiger partial charge in [0.25, 0.3) is 0 Å². The van der Waals surface area contributed by atoms with E-state index in [0.717, 1.165) is 25.7 Å². The Labute approximate surface area is 143 Å². The van der Waals surface area contributed by atoms with Gasteiger partial charge in [-0.05, 0) is 36.5 Å². The molecule has 3 aliphatic carbocycles. The maximum absolute atomic E-state index is 12.5. The third-order valence-electron chi connectivity index (χ3n) is 7.53. The minimum atomic E-state index is -1.29. The van der Waals surface area contributed by atoms with Crippen LogP contribution in [0.4, 0.5) is 0 Å². The molecule has 3 aliphatic rings. The van der Waals surface area contributed by atoms with E-state index in [4.69, 9.17) is 0 Å². The van der Waals surface area contributed by atoms with Crippen molar-refractivity contribution >= 4 is 11.9 Å². The van der Waals surface area contributed by atoms with Gasteiger partial charge in [0.05, 0.1) is 10.8 Å². The molecule has 2 N–H and O–H groups in total. The highest BCUT2D eigenvalue weighted by Crippen LogP contribution is 2.90. The molecule has 0 bridgehead atoms. The molecule has 0 aliphatic heterocycles. The zero-order chi connectivity index (χ0) is 18.1. The summed E-state index contributed by atoms with van der Waals surface area (Å²) in [5.74, 6) is -2.55. The third-order valence-corrected chi connectivity index (χ3v) is 7.53. The average molecular weight is 332 g/mol. The van der Waals surface area contributed by atoms with Crippen molar-refractivity contribution in [1.82, 2.24) is 0 Å². The van der Waals surface area contributed by atoms with Gasteiger partial charge < -0.3 is 10.2 Å². The SMILES string of the molecule is C=CC1C(C)(C)C1(C(=O)O)C1(C(=O)O)C(C=C2CCCC2)C1(C)C. The summed E-state index contributed by atoms with van der Waals surface area (Å²) < 4.78 is 0. The van der Waals surface area contributed by atoms with Crippen molar-refractivity contribution in [3.63, 3.8) is 0 Å². The number of rotatable bonds is 5. The number of aliphatic carboxylic acids is 2. The molecule has 0 aromatic carbocycles. The Balaban J connectivity index is 2.17. The summed E-state index contributed by atoms with van der Waals surface area (Å²) in [4.78, 5) is 24.9. The minimum absolute atomic E-state index is 0.240. The van der Waals surface area contributed by atoms with Gasteiger partial charge in [0, 0.05) is 11.8 Å². The van der Waals surface area contributed by atoms with Crippen LogP contribution in [0.25, 0.3) is 0 Å². The third kappa shape index (κ3) is 1.55. The van der Waals surface area contributed by atoms with Crippen LogP contribution in [0.1, 0.15) is 53.4 Å². The fourth-order valence-electron chi connectivity index (χ4n) is 6.30. The van der Waals surface area contributed by atoms with Crippen LogP contribution in [0.5, 0.6) is 0 Å². The fourth-order valence-corrected chi connectivity index (χ4v) is 6.30. The van der Waals surface area contributed by atoms with E-state index in [-0.39, 0.29) is 11.8 Å². The van der Waals surface area contributed by atoms with E-state index in [1.54, 1.807) is 6.08 Å². The van der Waals surface area contributed by atoms with Crippen molar-refractivity contribution in [3.05, 3.63) is 24.3 Å². The van der Waals surface area contributed by atoms with E-state index in [1.165, 1.54) is 5.57 Å². The average Bonchev–Trinajstić information content (AvgIpc) is 2.99. The van der Waals surface area contributed by atoms with E-state index in [2.05, 4.69) is 12.7 Å². The number of carboxylic acids is 2. The van der Waals surface area contributed by atoms with E-state index in [9.17, 15) is 19.8 Å². The highest BCUT2D eigenvalue weighted by molar-refractivity contribution is 5.96. The topological polar surface area (TPSA) is 74.6 Å². The van der Waals surface area contributed by atoms with Crippen LogP contribution in [0.3, 0.4) is 0 Å². The molecule has 0 radical (unpaired) electrons. The molecule has 0 spiro atoms. The Hall–Kier alpha value is -1.58. The predicted octanol–water partition coefficient (Wildman–Crippen LogP) is 4.13. The van der Waals surface area contributed by atoms with Crippen molar-refractivity contribution < 1.29 is 19.8 Å².